The van der Waals surface area contributed by atoms with Crippen LogP contribution in [-0.2, 0) is 11.8 Å². The van der Waals surface area contributed by atoms with E-state index in [4.69, 9.17) is 17.3 Å². The minimum Gasteiger partial charge on any atom is -0.330 e. The first-order valence-electron chi connectivity index (χ1n) is 6.06. The van der Waals surface area contributed by atoms with Crippen LogP contribution in [0.4, 0.5) is 0 Å². The van der Waals surface area contributed by atoms with E-state index in [2.05, 4.69) is 32.0 Å². The van der Waals surface area contributed by atoms with Crippen LogP contribution in [0.1, 0.15) is 37.8 Å². The number of hydrogen-bond donors (Lipinski definition) is 1. The molecule has 0 bridgehead atoms. The number of nitrogens with two attached hydrogens (primary N) is 1. The van der Waals surface area contributed by atoms with Gasteiger partial charge in [0.1, 0.15) is 0 Å². The summed E-state index contributed by atoms with van der Waals surface area (Å²) in [5.74, 6) is 0.646. The monoisotopic (exact) mass is 237 g/mol. The summed E-state index contributed by atoms with van der Waals surface area (Å²) in [6, 6.07) is 6.51. The molecular weight excluding hydrogens is 218 g/mol. The van der Waals surface area contributed by atoms with Crippen LogP contribution < -0.4 is 5.73 Å². The first kappa shape index (κ1) is 11.9. The Morgan fingerprint density at radius 2 is 2.06 bits per heavy atom. The second kappa shape index (κ2) is 4.38. The van der Waals surface area contributed by atoms with Gasteiger partial charge in [-0.2, -0.15) is 0 Å². The van der Waals surface area contributed by atoms with Gasteiger partial charge in [0, 0.05) is 17.0 Å². The molecule has 1 fully saturated rings. The molecule has 1 aliphatic rings. The smallest absolute Gasteiger partial charge is 0.0441 e. The zero-order chi connectivity index (χ0) is 11.8. The summed E-state index contributed by atoms with van der Waals surface area (Å²) in [7, 11) is 0. The van der Waals surface area contributed by atoms with E-state index in [-0.39, 0.29) is 5.41 Å². The van der Waals surface area contributed by atoms with E-state index < -0.39 is 0 Å². The highest BCUT2D eigenvalue weighted by molar-refractivity contribution is 6.31. The van der Waals surface area contributed by atoms with E-state index in [9.17, 15) is 0 Å². The highest BCUT2D eigenvalue weighted by atomic mass is 35.5. The molecule has 0 atom stereocenters. The van der Waals surface area contributed by atoms with Crippen LogP contribution in [0.3, 0.4) is 0 Å². The topological polar surface area (TPSA) is 26.0 Å². The van der Waals surface area contributed by atoms with Gasteiger partial charge in [0.05, 0.1) is 0 Å². The molecule has 1 aromatic carbocycles. The highest BCUT2D eigenvalue weighted by Gasteiger charge is 2.42. The van der Waals surface area contributed by atoms with Crippen molar-refractivity contribution in [2.45, 2.75) is 38.5 Å². The van der Waals surface area contributed by atoms with Gasteiger partial charge in [0.2, 0.25) is 0 Å². The van der Waals surface area contributed by atoms with Crippen LogP contribution in [0, 0.1) is 5.92 Å². The van der Waals surface area contributed by atoms with Gasteiger partial charge < -0.3 is 5.73 Å². The molecule has 2 rings (SSSR count). The van der Waals surface area contributed by atoms with Crippen molar-refractivity contribution in [3.63, 3.8) is 0 Å². The predicted octanol–water partition coefficient (Wildman–Crippen LogP) is 3.53. The summed E-state index contributed by atoms with van der Waals surface area (Å²) in [6.45, 7) is 5.17. The van der Waals surface area contributed by atoms with Gasteiger partial charge in [0.15, 0.2) is 0 Å². The lowest BCUT2D eigenvalue weighted by Gasteiger charge is -2.15. The second-order valence-corrected chi connectivity index (χ2v) is 5.80. The molecule has 2 heteroatoms. The van der Waals surface area contributed by atoms with Crippen molar-refractivity contribution in [3.8, 4) is 0 Å². The molecule has 88 valence electrons. The molecule has 0 heterocycles. The SMILES string of the molecule is CC(C)Cc1ccc(C2(CN)CC2)cc1Cl. The molecule has 1 saturated carbocycles. The van der Waals surface area contributed by atoms with Gasteiger partial charge in [-0.3, -0.25) is 0 Å². The number of benzene rings is 1. The quantitative estimate of drug-likeness (QED) is 0.852. The third kappa shape index (κ3) is 2.26. The van der Waals surface area contributed by atoms with E-state index in [1.165, 1.54) is 24.0 Å². The van der Waals surface area contributed by atoms with Gasteiger partial charge >= 0.3 is 0 Å². The lowest BCUT2D eigenvalue weighted by atomic mass is 9.93. The summed E-state index contributed by atoms with van der Waals surface area (Å²) in [5.41, 5.74) is 8.66. The fourth-order valence-electron chi connectivity index (χ4n) is 2.24. The highest BCUT2D eigenvalue weighted by Crippen LogP contribution is 2.47. The Morgan fingerprint density at radius 1 is 1.38 bits per heavy atom. The molecule has 0 spiro atoms. The molecule has 0 aromatic heterocycles. The lowest BCUT2D eigenvalue weighted by Crippen LogP contribution is -2.19. The standard InChI is InChI=1S/C14H20ClN/c1-10(2)7-11-3-4-12(8-13(11)15)14(9-16)5-6-14/h3-4,8,10H,5-7,9,16H2,1-2H3. The Kier molecular flexibility index (Phi) is 3.27. The van der Waals surface area contributed by atoms with Crippen LogP contribution >= 0.6 is 11.6 Å². The van der Waals surface area contributed by atoms with Crippen molar-refractivity contribution >= 4 is 11.6 Å². The largest absolute Gasteiger partial charge is 0.330 e. The molecule has 0 radical (unpaired) electrons. The van der Waals surface area contributed by atoms with Crippen molar-refractivity contribution in [2.24, 2.45) is 11.7 Å². The van der Waals surface area contributed by atoms with Crippen LogP contribution in [0.25, 0.3) is 0 Å². The Hall–Kier alpha value is -0.530. The summed E-state index contributed by atoms with van der Waals surface area (Å²) in [6.07, 6.45) is 3.47. The maximum absolute atomic E-state index is 6.32. The molecule has 2 N–H and O–H groups in total. The molecule has 1 nitrogen and oxygen atoms in total. The van der Waals surface area contributed by atoms with Crippen LogP contribution in [0.5, 0.6) is 0 Å². The first-order valence-corrected chi connectivity index (χ1v) is 6.44. The van der Waals surface area contributed by atoms with Gasteiger partial charge in [-0.05, 0) is 42.4 Å². The minimum atomic E-state index is 0.250. The molecular formula is C14H20ClN. The average Bonchev–Trinajstić information content (AvgIpc) is 3.01. The summed E-state index contributed by atoms with van der Waals surface area (Å²) >= 11 is 6.32. The first-order chi connectivity index (χ1) is 7.57. The summed E-state index contributed by atoms with van der Waals surface area (Å²) < 4.78 is 0. The normalized spacial score (nSPS) is 17.8. The lowest BCUT2D eigenvalue weighted by molar-refractivity contribution is 0.646. The molecule has 16 heavy (non-hydrogen) atoms. The van der Waals surface area contributed by atoms with E-state index in [1.807, 2.05) is 0 Å². The molecule has 0 amide bonds. The van der Waals surface area contributed by atoms with Gasteiger partial charge in [-0.15, -0.1) is 0 Å². The van der Waals surface area contributed by atoms with E-state index in [0.29, 0.717) is 5.92 Å². The van der Waals surface area contributed by atoms with Crippen molar-refractivity contribution < 1.29 is 0 Å². The molecule has 1 aliphatic carbocycles. The van der Waals surface area contributed by atoms with E-state index in [1.54, 1.807) is 0 Å². The van der Waals surface area contributed by atoms with Crippen molar-refractivity contribution in [1.82, 2.24) is 0 Å². The molecule has 0 saturated heterocycles. The minimum absolute atomic E-state index is 0.250. The maximum atomic E-state index is 6.32. The van der Waals surface area contributed by atoms with Crippen LogP contribution in [-0.4, -0.2) is 6.54 Å². The number of hydrogen-bond acceptors (Lipinski definition) is 1. The fraction of sp³-hybridized carbons (Fsp3) is 0.571. The predicted molar refractivity (Wildman–Crippen MR) is 70.0 cm³/mol. The Labute approximate surface area is 103 Å². The summed E-state index contributed by atoms with van der Waals surface area (Å²) in [5, 5.41) is 0.908. The van der Waals surface area contributed by atoms with Gasteiger partial charge in [-0.1, -0.05) is 37.6 Å². The van der Waals surface area contributed by atoms with Crippen LogP contribution in [0.15, 0.2) is 18.2 Å². The van der Waals surface area contributed by atoms with E-state index in [0.717, 1.165) is 18.0 Å². The third-order valence-corrected chi connectivity index (χ3v) is 3.89. The average molecular weight is 238 g/mol. The molecule has 1 aromatic rings. The summed E-state index contributed by atoms with van der Waals surface area (Å²) in [4.78, 5) is 0. The Bertz CT molecular complexity index is 380. The van der Waals surface area contributed by atoms with E-state index >= 15 is 0 Å². The zero-order valence-electron chi connectivity index (χ0n) is 10.1. The maximum Gasteiger partial charge on any atom is 0.0441 e. The fourth-order valence-corrected chi connectivity index (χ4v) is 2.50. The molecule has 0 aliphatic heterocycles. The Morgan fingerprint density at radius 3 is 2.50 bits per heavy atom. The van der Waals surface area contributed by atoms with Crippen molar-refractivity contribution in [2.75, 3.05) is 6.54 Å². The van der Waals surface area contributed by atoms with Crippen molar-refractivity contribution in [3.05, 3.63) is 34.3 Å². The van der Waals surface area contributed by atoms with Crippen LogP contribution in [0.2, 0.25) is 5.02 Å². The number of rotatable bonds is 4. The van der Waals surface area contributed by atoms with Crippen molar-refractivity contribution in [1.29, 1.82) is 0 Å². The third-order valence-electron chi connectivity index (χ3n) is 3.54. The van der Waals surface area contributed by atoms with Gasteiger partial charge in [-0.25, -0.2) is 0 Å². The Balaban J connectivity index is 2.23. The zero-order valence-corrected chi connectivity index (χ0v) is 10.8. The second-order valence-electron chi connectivity index (χ2n) is 5.39. The number of halogens is 1. The van der Waals surface area contributed by atoms with Gasteiger partial charge in [0.25, 0.3) is 0 Å². The molecule has 0 unspecified atom stereocenters.